The summed E-state index contributed by atoms with van der Waals surface area (Å²) in [4.78, 5) is -0.0411. The van der Waals surface area contributed by atoms with Crippen LogP contribution in [0.3, 0.4) is 0 Å². The lowest BCUT2D eigenvalue weighted by Crippen LogP contribution is -2.39. The highest BCUT2D eigenvalue weighted by molar-refractivity contribution is 9.10. The molecule has 1 aliphatic rings. The standard InChI is InChI=1S/C18H18BrF3N2O5S/c1-10-17(25)24-14-8-13(19)16(9-15(14)28-10)30(26,27)23-7-6-11-2-4-12(5-3-11)29-18(20,21)22/h2-5,8-10,17,23-25H,6-7H2,1H3. The molecule has 1 heterocycles. The van der Waals surface area contributed by atoms with E-state index in [1.165, 1.54) is 24.3 Å². The van der Waals surface area contributed by atoms with E-state index in [1.54, 1.807) is 6.92 Å². The van der Waals surface area contributed by atoms with Gasteiger partial charge in [0.1, 0.15) is 17.6 Å². The zero-order chi connectivity index (χ0) is 22.1. The average Bonchev–Trinajstić information content (AvgIpc) is 2.63. The molecule has 0 saturated heterocycles. The first-order valence-corrected chi connectivity index (χ1v) is 11.0. The topological polar surface area (TPSA) is 96.9 Å². The molecule has 2 atom stereocenters. The zero-order valence-electron chi connectivity index (χ0n) is 15.5. The van der Waals surface area contributed by atoms with E-state index < -0.39 is 28.7 Å². The van der Waals surface area contributed by atoms with Crippen LogP contribution in [-0.4, -0.2) is 38.8 Å². The van der Waals surface area contributed by atoms with Crippen molar-refractivity contribution in [3.63, 3.8) is 0 Å². The van der Waals surface area contributed by atoms with E-state index in [0.717, 1.165) is 12.1 Å². The van der Waals surface area contributed by atoms with Crippen LogP contribution in [0.5, 0.6) is 11.5 Å². The molecule has 12 heteroatoms. The maximum Gasteiger partial charge on any atom is 0.573 e. The summed E-state index contributed by atoms with van der Waals surface area (Å²) < 4.78 is 74.0. The average molecular weight is 511 g/mol. The highest BCUT2D eigenvalue weighted by Gasteiger charge is 2.31. The number of benzene rings is 2. The predicted octanol–water partition coefficient (Wildman–Crippen LogP) is 3.38. The number of hydrogen-bond donors (Lipinski definition) is 3. The van der Waals surface area contributed by atoms with Crippen LogP contribution in [0, 0.1) is 0 Å². The molecule has 2 aromatic carbocycles. The van der Waals surface area contributed by atoms with E-state index in [9.17, 15) is 26.7 Å². The van der Waals surface area contributed by atoms with E-state index in [1.807, 2.05) is 0 Å². The number of hydrogen-bond acceptors (Lipinski definition) is 6. The second-order valence-corrected chi connectivity index (χ2v) is 9.12. The van der Waals surface area contributed by atoms with Crippen LogP contribution in [0.15, 0.2) is 45.8 Å². The molecule has 0 saturated carbocycles. The number of fused-ring (bicyclic) bond motifs is 1. The van der Waals surface area contributed by atoms with Crippen LogP contribution in [0.1, 0.15) is 12.5 Å². The molecule has 0 aromatic heterocycles. The van der Waals surface area contributed by atoms with Gasteiger partial charge in [-0.05, 0) is 53.0 Å². The first-order valence-electron chi connectivity index (χ1n) is 8.74. The minimum atomic E-state index is -4.77. The summed E-state index contributed by atoms with van der Waals surface area (Å²) in [6, 6.07) is 8.03. The van der Waals surface area contributed by atoms with Crippen LogP contribution in [0.2, 0.25) is 0 Å². The Labute approximate surface area is 179 Å². The number of anilines is 1. The number of nitrogens with one attached hydrogen (secondary N) is 2. The fraction of sp³-hybridized carbons (Fsp3) is 0.333. The maximum absolute atomic E-state index is 12.7. The first kappa shape index (κ1) is 22.7. The first-order chi connectivity index (χ1) is 13.9. The van der Waals surface area contributed by atoms with Crippen molar-refractivity contribution in [2.45, 2.75) is 36.9 Å². The van der Waals surface area contributed by atoms with Gasteiger partial charge in [-0.1, -0.05) is 12.1 Å². The highest BCUT2D eigenvalue weighted by Crippen LogP contribution is 2.37. The van der Waals surface area contributed by atoms with Gasteiger partial charge in [-0.3, -0.25) is 0 Å². The Bertz CT molecular complexity index is 1020. The van der Waals surface area contributed by atoms with Crippen molar-refractivity contribution in [3.8, 4) is 11.5 Å². The van der Waals surface area contributed by atoms with Crippen molar-refractivity contribution in [2.75, 3.05) is 11.9 Å². The third-order valence-corrected chi connectivity index (χ3v) is 6.67. The SMILES string of the molecule is CC1Oc2cc(S(=O)(=O)NCCc3ccc(OC(F)(F)F)cc3)c(Br)cc2NC1O. The normalized spacial score (nSPS) is 18.9. The molecule has 164 valence electrons. The van der Waals surface area contributed by atoms with Crippen molar-refractivity contribution < 1.29 is 36.2 Å². The molecule has 0 bridgehead atoms. The predicted molar refractivity (Wildman–Crippen MR) is 106 cm³/mol. The largest absolute Gasteiger partial charge is 0.573 e. The summed E-state index contributed by atoms with van der Waals surface area (Å²) in [5.41, 5.74) is 1.08. The fourth-order valence-corrected chi connectivity index (χ4v) is 4.84. The molecular formula is C18H18BrF3N2O5S. The monoisotopic (exact) mass is 510 g/mol. The van der Waals surface area contributed by atoms with E-state index in [4.69, 9.17) is 4.74 Å². The minimum absolute atomic E-state index is 0.0273. The summed E-state index contributed by atoms with van der Waals surface area (Å²) in [7, 11) is -3.90. The molecule has 3 N–H and O–H groups in total. The van der Waals surface area contributed by atoms with Crippen molar-refractivity contribution >= 4 is 31.6 Å². The van der Waals surface area contributed by atoms with Crippen molar-refractivity contribution in [1.29, 1.82) is 0 Å². The Balaban J connectivity index is 1.65. The zero-order valence-corrected chi connectivity index (χ0v) is 17.9. The summed E-state index contributed by atoms with van der Waals surface area (Å²) in [5.74, 6) is -0.0607. The van der Waals surface area contributed by atoms with Crippen molar-refractivity contribution in [1.82, 2.24) is 4.72 Å². The fourth-order valence-electron chi connectivity index (χ4n) is 2.76. The molecule has 1 aliphatic heterocycles. The number of alkyl halides is 3. The number of ether oxygens (including phenoxy) is 2. The Morgan fingerprint density at radius 3 is 2.57 bits per heavy atom. The molecule has 0 amide bonds. The van der Waals surface area contributed by atoms with Crippen LogP contribution >= 0.6 is 15.9 Å². The molecule has 0 radical (unpaired) electrons. The van der Waals surface area contributed by atoms with Crippen LogP contribution in [0.25, 0.3) is 0 Å². The van der Waals surface area contributed by atoms with Gasteiger partial charge in [0.05, 0.1) is 10.6 Å². The van der Waals surface area contributed by atoms with Crippen LogP contribution < -0.4 is 19.5 Å². The Kier molecular flexibility index (Phi) is 6.51. The van der Waals surface area contributed by atoms with Crippen molar-refractivity contribution in [3.05, 3.63) is 46.4 Å². The number of rotatable bonds is 6. The Morgan fingerprint density at radius 1 is 1.27 bits per heavy atom. The van der Waals surface area contributed by atoms with Gasteiger partial charge in [0.2, 0.25) is 10.0 Å². The summed E-state index contributed by atoms with van der Waals surface area (Å²) in [5, 5.41) is 12.6. The minimum Gasteiger partial charge on any atom is -0.484 e. The van der Waals surface area contributed by atoms with Gasteiger partial charge in [-0.25, -0.2) is 13.1 Å². The smallest absolute Gasteiger partial charge is 0.484 e. The number of aliphatic hydroxyl groups excluding tert-OH is 1. The van der Waals surface area contributed by atoms with E-state index in [-0.39, 0.29) is 33.8 Å². The van der Waals surface area contributed by atoms with E-state index in [0.29, 0.717) is 11.3 Å². The molecule has 30 heavy (non-hydrogen) atoms. The molecule has 2 aromatic rings. The lowest BCUT2D eigenvalue weighted by molar-refractivity contribution is -0.274. The van der Waals surface area contributed by atoms with Crippen molar-refractivity contribution in [2.24, 2.45) is 0 Å². The van der Waals surface area contributed by atoms with E-state index >= 15 is 0 Å². The number of halogens is 4. The Morgan fingerprint density at radius 2 is 1.93 bits per heavy atom. The van der Waals surface area contributed by atoms with Crippen LogP contribution in [0.4, 0.5) is 18.9 Å². The van der Waals surface area contributed by atoms with Crippen LogP contribution in [-0.2, 0) is 16.4 Å². The Hall–Kier alpha value is -2.02. The molecular weight excluding hydrogens is 493 g/mol. The molecule has 0 spiro atoms. The lowest BCUT2D eigenvalue weighted by Gasteiger charge is -2.30. The molecule has 7 nitrogen and oxygen atoms in total. The third-order valence-electron chi connectivity index (χ3n) is 4.25. The van der Waals surface area contributed by atoms with Gasteiger partial charge < -0.3 is 19.9 Å². The quantitative estimate of drug-likeness (QED) is 0.551. The maximum atomic E-state index is 12.7. The van der Waals surface area contributed by atoms with Gasteiger partial charge >= 0.3 is 6.36 Å². The van der Waals surface area contributed by atoms with Gasteiger partial charge in [-0.2, -0.15) is 0 Å². The number of aliphatic hydroxyl groups is 1. The van der Waals surface area contributed by atoms with E-state index in [2.05, 4.69) is 30.7 Å². The summed E-state index contributed by atoms with van der Waals surface area (Å²) >= 11 is 3.21. The van der Waals surface area contributed by atoms with Gasteiger partial charge in [-0.15, -0.1) is 13.2 Å². The summed E-state index contributed by atoms with van der Waals surface area (Å²) in [6.07, 6.45) is -5.99. The summed E-state index contributed by atoms with van der Waals surface area (Å²) in [6.45, 7) is 1.67. The molecule has 3 rings (SSSR count). The second-order valence-electron chi connectivity index (χ2n) is 6.53. The lowest BCUT2D eigenvalue weighted by atomic mass is 10.1. The number of sulfonamides is 1. The third kappa shape index (κ3) is 5.56. The van der Waals surface area contributed by atoms with Gasteiger partial charge in [0.25, 0.3) is 0 Å². The van der Waals surface area contributed by atoms with Gasteiger partial charge in [0.15, 0.2) is 6.23 Å². The molecule has 0 fully saturated rings. The highest BCUT2D eigenvalue weighted by atomic mass is 79.9. The molecule has 2 unspecified atom stereocenters. The molecule has 0 aliphatic carbocycles. The second kappa shape index (κ2) is 8.61. The van der Waals surface area contributed by atoms with Gasteiger partial charge in [0, 0.05) is 17.1 Å².